The van der Waals surface area contributed by atoms with Crippen molar-refractivity contribution in [1.82, 2.24) is 4.90 Å². The molecule has 1 heterocycles. The quantitative estimate of drug-likeness (QED) is 0.761. The fourth-order valence-electron chi connectivity index (χ4n) is 10.1. The van der Waals surface area contributed by atoms with Gasteiger partial charge in [0.15, 0.2) is 5.78 Å². The van der Waals surface area contributed by atoms with Crippen molar-refractivity contribution in [2.24, 2.45) is 39.9 Å². The molecule has 6 saturated carbocycles. The summed E-state index contributed by atoms with van der Waals surface area (Å²) in [4.78, 5) is 16.2. The molecule has 2 N–H and O–H groups in total. The first-order valence-corrected chi connectivity index (χ1v) is 10.4. The highest BCUT2D eigenvalue weighted by Crippen LogP contribution is 2.83. The van der Waals surface area contributed by atoms with Crippen molar-refractivity contribution in [2.45, 2.75) is 63.5 Å². The van der Waals surface area contributed by atoms with Crippen molar-refractivity contribution in [2.75, 3.05) is 20.2 Å². The van der Waals surface area contributed by atoms with Gasteiger partial charge in [-0.3, -0.25) is 4.79 Å². The minimum atomic E-state index is -1.46. The largest absolute Gasteiger partial charge is 0.393 e. The van der Waals surface area contributed by atoms with E-state index >= 15 is 0 Å². The molecule has 0 amide bonds. The van der Waals surface area contributed by atoms with Crippen LogP contribution in [0.2, 0.25) is 0 Å². The summed E-state index contributed by atoms with van der Waals surface area (Å²) in [5, 5.41) is 21.0. The molecular weight excluding hydrogens is 314 g/mol. The highest BCUT2D eigenvalue weighted by atomic mass is 16.3. The third-order valence-electron chi connectivity index (χ3n) is 10.4. The third kappa shape index (κ3) is 1.30. The summed E-state index contributed by atoms with van der Waals surface area (Å²) < 4.78 is 0. The van der Waals surface area contributed by atoms with Crippen LogP contribution in [0.15, 0.2) is 0 Å². The predicted molar refractivity (Wildman–Crippen MR) is 92.7 cm³/mol. The van der Waals surface area contributed by atoms with E-state index < -0.39 is 5.60 Å². The van der Waals surface area contributed by atoms with Gasteiger partial charge >= 0.3 is 0 Å². The molecule has 25 heavy (non-hydrogen) atoms. The smallest absolute Gasteiger partial charge is 0.173 e. The number of nitrogens with zero attached hydrogens (tertiary/aromatic N) is 1. The average Bonchev–Trinajstić information content (AvgIpc) is 3.02. The van der Waals surface area contributed by atoms with E-state index in [0.29, 0.717) is 28.7 Å². The Morgan fingerprint density at radius 2 is 2.00 bits per heavy atom. The van der Waals surface area contributed by atoms with Gasteiger partial charge in [0.25, 0.3) is 0 Å². The lowest BCUT2D eigenvalue weighted by molar-refractivity contribution is -0.216. The number of aliphatic hydroxyl groups is 2. The zero-order valence-corrected chi connectivity index (χ0v) is 15.5. The fourth-order valence-corrected chi connectivity index (χ4v) is 10.1. The van der Waals surface area contributed by atoms with Crippen LogP contribution in [0.5, 0.6) is 0 Å². The Kier molecular flexibility index (Phi) is 2.60. The molecule has 0 aromatic rings. The Hall–Kier alpha value is -0.450. The van der Waals surface area contributed by atoms with E-state index in [-0.39, 0.29) is 23.7 Å². The number of carbonyl (C=O) groups is 1. The monoisotopic (exact) mass is 345 g/mol. The van der Waals surface area contributed by atoms with E-state index in [0.717, 1.165) is 25.2 Å². The number of Topliss-reactive ketones (excluding diaryl/α,β-unsaturated/α-hetero) is 1. The predicted octanol–water partition coefficient (Wildman–Crippen LogP) is 1.84. The molecule has 9 atom stereocenters. The van der Waals surface area contributed by atoms with Crippen molar-refractivity contribution in [3.8, 4) is 0 Å². The van der Waals surface area contributed by atoms with Crippen molar-refractivity contribution < 1.29 is 15.0 Å². The van der Waals surface area contributed by atoms with Gasteiger partial charge in [-0.15, -0.1) is 0 Å². The number of piperidine rings is 1. The van der Waals surface area contributed by atoms with Crippen molar-refractivity contribution in [3.05, 3.63) is 0 Å². The molecule has 7 rings (SSSR count). The summed E-state index contributed by atoms with van der Waals surface area (Å²) in [6.07, 6.45) is 7.95. The number of fused-ring (bicyclic) bond motifs is 2. The van der Waals surface area contributed by atoms with E-state index in [4.69, 9.17) is 0 Å². The molecule has 0 aromatic heterocycles. The number of rotatable bonds is 1. The van der Waals surface area contributed by atoms with Crippen molar-refractivity contribution in [1.29, 1.82) is 0 Å². The lowest BCUT2D eigenvalue weighted by Gasteiger charge is -2.66. The maximum absolute atomic E-state index is 13.6. The molecule has 138 valence electrons. The van der Waals surface area contributed by atoms with Gasteiger partial charge in [-0.25, -0.2) is 0 Å². The molecule has 1 saturated heterocycles. The third-order valence-corrected chi connectivity index (χ3v) is 10.4. The number of likely N-dealkylation sites (tertiary alicyclic amines) is 1. The van der Waals surface area contributed by atoms with E-state index in [9.17, 15) is 15.0 Å². The first-order chi connectivity index (χ1) is 11.8. The number of hydrogen-bond acceptors (Lipinski definition) is 4. The standard InChI is InChI=1S/C21H31NO3/c1-18-5-3-6-20-14(18)9-13(16(20)22(2)10-18)19-7-4-12(8-15(19)20)21(25,11-23)17(19)24/h12-16,23,25H,3-11H2,1-2H3/t12-,13-,14-,15+,16+,18+,19-,20+,21-/m0/s1. The van der Waals surface area contributed by atoms with Crippen LogP contribution in [-0.4, -0.2) is 52.7 Å². The van der Waals surface area contributed by atoms with Crippen molar-refractivity contribution in [3.63, 3.8) is 0 Å². The second kappa shape index (κ2) is 4.18. The van der Waals surface area contributed by atoms with Gasteiger partial charge < -0.3 is 15.1 Å². The highest BCUT2D eigenvalue weighted by molar-refractivity contribution is 5.96. The molecule has 4 nitrogen and oxygen atoms in total. The lowest BCUT2D eigenvalue weighted by atomic mass is 9.39. The molecule has 0 aromatic carbocycles. The van der Waals surface area contributed by atoms with E-state index in [1.54, 1.807) is 0 Å². The maximum atomic E-state index is 13.6. The van der Waals surface area contributed by atoms with Gasteiger partial charge in [0.2, 0.25) is 0 Å². The van der Waals surface area contributed by atoms with Crippen LogP contribution in [0.3, 0.4) is 0 Å². The molecule has 7 aliphatic rings. The number of ketones is 1. The topological polar surface area (TPSA) is 60.8 Å². The Labute approximate surface area is 150 Å². The summed E-state index contributed by atoms with van der Waals surface area (Å²) in [5.74, 6) is 1.63. The highest BCUT2D eigenvalue weighted by Gasteiger charge is 2.84. The number of carbonyl (C=O) groups excluding carboxylic acids is 1. The molecule has 4 heteroatoms. The van der Waals surface area contributed by atoms with Crippen LogP contribution in [0.1, 0.15) is 51.9 Å². The van der Waals surface area contributed by atoms with Crippen LogP contribution >= 0.6 is 0 Å². The van der Waals surface area contributed by atoms with E-state index in [1.165, 1.54) is 32.2 Å². The molecule has 0 radical (unpaired) electrons. The van der Waals surface area contributed by atoms with E-state index in [1.807, 2.05) is 0 Å². The van der Waals surface area contributed by atoms with Gasteiger partial charge in [0, 0.05) is 18.0 Å². The van der Waals surface area contributed by atoms with Crippen LogP contribution < -0.4 is 0 Å². The summed E-state index contributed by atoms with van der Waals surface area (Å²) in [7, 11) is 2.29. The second-order valence-corrected chi connectivity index (χ2v) is 10.9. The van der Waals surface area contributed by atoms with Crippen LogP contribution in [0.4, 0.5) is 0 Å². The summed E-state index contributed by atoms with van der Waals surface area (Å²) in [6, 6.07) is 0.527. The SMILES string of the molecule is CN1C[C@@]2(C)CCC[C@]34[C@@H]5C[C@@H]6CC[C@]5(C(=O)[C@]6(O)CO)[C@@H](C[C@@H]23)[C@@H]14. The average molecular weight is 345 g/mol. The Morgan fingerprint density at radius 1 is 1.20 bits per heavy atom. The summed E-state index contributed by atoms with van der Waals surface area (Å²) >= 11 is 0. The Balaban J connectivity index is 1.57. The van der Waals surface area contributed by atoms with E-state index in [2.05, 4.69) is 18.9 Å². The van der Waals surface area contributed by atoms with Crippen molar-refractivity contribution >= 4 is 5.78 Å². The fraction of sp³-hybridized carbons (Fsp3) is 0.952. The van der Waals surface area contributed by atoms with Gasteiger partial charge in [-0.2, -0.15) is 0 Å². The summed E-state index contributed by atoms with van der Waals surface area (Å²) in [5.41, 5.74) is -1.09. The van der Waals surface area contributed by atoms with Crippen LogP contribution in [-0.2, 0) is 4.79 Å². The minimum Gasteiger partial charge on any atom is -0.393 e. The zero-order chi connectivity index (χ0) is 17.4. The maximum Gasteiger partial charge on any atom is 0.173 e. The first kappa shape index (κ1) is 15.6. The molecule has 0 unspecified atom stereocenters. The molecule has 6 aliphatic carbocycles. The molecule has 2 spiro atoms. The Morgan fingerprint density at radius 3 is 2.76 bits per heavy atom. The van der Waals surface area contributed by atoms with Crippen LogP contribution in [0.25, 0.3) is 0 Å². The lowest BCUT2D eigenvalue weighted by Crippen LogP contribution is -2.70. The first-order valence-electron chi connectivity index (χ1n) is 10.4. The molecule has 7 bridgehead atoms. The molecule has 1 aliphatic heterocycles. The van der Waals surface area contributed by atoms with Gasteiger partial charge in [0.05, 0.1) is 6.61 Å². The van der Waals surface area contributed by atoms with Crippen LogP contribution in [0, 0.1) is 39.9 Å². The molecule has 7 fully saturated rings. The second-order valence-electron chi connectivity index (χ2n) is 10.9. The Bertz CT molecular complexity index is 680. The minimum absolute atomic E-state index is 0.0233. The normalized spacial score (nSPS) is 64.6. The van der Waals surface area contributed by atoms with Gasteiger partial charge in [-0.1, -0.05) is 13.3 Å². The number of hydrogen-bond donors (Lipinski definition) is 2. The number of aliphatic hydroxyl groups excluding tert-OH is 1. The summed E-state index contributed by atoms with van der Waals surface area (Å²) in [6.45, 7) is 3.29. The zero-order valence-electron chi connectivity index (χ0n) is 15.5. The van der Waals surface area contributed by atoms with Gasteiger partial charge in [0.1, 0.15) is 5.60 Å². The van der Waals surface area contributed by atoms with Gasteiger partial charge in [-0.05, 0) is 80.1 Å². The molecular formula is C21H31NO3.